The van der Waals surface area contributed by atoms with Crippen LogP contribution in [0.25, 0.3) is 0 Å². The van der Waals surface area contributed by atoms with Crippen LogP contribution in [0.4, 0.5) is 0 Å². The van der Waals surface area contributed by atoms with Gasteiger partial charge in [0.1, 0.15) is 0 Å². The second kappa shape index (κ2) is 9.60. The van der Waals surface area contributed by atoms with Crippen molar-refractivity contribution in [2.75, 3.05) is 0 Å². The van der Waals surface area contributed by atoms with E-state index in [0.717, 1.165) is 20.1 Å². The lowest BCUT2D eigenvalue weighted by atomic mass is 10.0. The van der Waals surface area contributed by atoms with Gasteiger partial charge in [-0.15, -0.1) is 0 Å². The number of aryl methyl sites for hydroxylation is 2. The lowest BCUT2D eigenvalue weighted by Gasteiger charge is -2.35. The van der Waals surface area contributed by atoms with Crippen molar-refractivity contribution >= 4 is 64.9 Å². The average molecular weight is 585 g/mol. The van der Waals surface area contributed by atoms with E-state index >= 15 is 0 Å². The first-order valence-electron chi connectivity index (χ1n) is 9.39. The molecule has 160 valence electrons. The molecule has 0 aliphatic rings. The zero-order chi connectivity index (χ0) is 22.0. The fourth-order valence-corrected chi connectivity index (χ4v) is 6.84. The van der Waals surface area contributed by atoms with Gasteiger partial charge >= 0.3 is 0 Å². The van der Waals surface area contributed by atoms with Gasteiger partial charge in [-0.3, -0.25) is 0 Å². The molecule has 0 saturated heterocycles. The summed E-state index contributed by atoms with van der Waals surface area (Å²) in [6, 6.07) is 11.3. The number of hydrogen-bond donors (Lipinski definition) is 0. The van der Waals surface area contributed by atoms with Gasteiger partial charge in [0.25, 0.3) is 0 Å². The molecule has 29 heavy (non-hydrogen) atoms. The standard InChI is InChI=1S/C22H26Br2Cl2O2S/c1-21(2,11-9-15-13-17(23)5-7-19(15)25)29(27,28)22(3,4)12-10-16-14-18(24)6-8-20(16)26/h5-8,13-14H,9-12H2,1-4H3. The van der Waals surface area contributed by atoms with Gasteiger partial charge in [-0.05, 0) is 101 Å². The van der Waals surface area contributed by atoms with Crippen molar-refractivity contribution in [1.29, 1.82) is 0 Å². The highest BCUT2D eigenvalue weighted by molar-refractivity contribution is 9.10. The Kier molecular flexibility index (Phi) is 8.34. The zero-order valence-corrected chi connectivity index (χ0v) is 22.5. The van der Waals surface area contributed by atoms with Crippen LogP contribution in [0.1, 0.15) is 51.7 Å². The van der Waals surface area contributed by atoms with Crippen molar-refractivity contribution in [3.05, 3.63) is 66.5 Å². The second-order valence-corrected chi connectivity index (χ2v) is 14.4. The van der Waals surface area contributed by atoms with Crippen molar-refractivity contribution < 1.29 is 8.42 Å². The summed E-state index contributed by atoms with van der Waals surface area (Å²) in [6.07, 6.45) is 2.18. The Labute approximate surface area is 201 Å². The van der Waals surface area contributed by atoms with Crippen LogP contribution in [0.5, 0.6) is 0 Å². The van der Waals surface area contributed by atoms with Crippen LogP contribution in [0, 0.1) is 0 Å². The Morgan fingerprint density at radius 3 is 1.45 bits per heavy atom. The van der Waals surface area contributed by atoms with E-state index in [0.29, 0.717) is 35.7 Å². The molecule has 0 aromatic heterocycles. The van der Waals surface area contributed by atoms with E-state index in [-0.39, 0.29) is 0 Å². The maximum atomic E-state index is 13.5. The predicted molar refractivity (Wildman–Crippen MR) is 132 cm³/mol. The van der Waals surface area contributed by atoms with Crippen LogP contribution < -0.4 is 0 Å². The lowest BCUT2D eigenvalue weighted by Crippen LogP contribution is -2.46. The highest BCUT2D eigenvalue weighted by Crippen LogP contribution is 2.37. The minimum absolute atomic E-state index is 0.493. The highest BCUT2D eigenvalue weighted by Gasteiger charge is 2.45. The summed E-state index contributed by atoms with van der Waals surface area (Å²) in [5.41, 5.74) is 1.89. The molecule has 0 amide bonds. The van der Waals surface area contributed by atoms with Gasteiger partial charge < -0.3 is 0 Å². The molecule has 0 saturated carbocycles. The zero-order valence-electron chi connectivity index (χ0n) is 17.0. The summed E-state index contributed by atoms with van der Waals surface area (Å²) in [7, 11) is -3.43. The van der Waals surface area contributed by atoms with E-state index in [2.05, 4.69) is 31.9 Å². The van der Waals surface area contributed by atoms with E-state index in [1.165, 1.54) is 0 Å². The molecule has 0 radical (unpaired) electrons. The monoisotopic (exact) mass is 582 g/mol. The molecule has 0 bridgehead atoms. The summed E-state index contributed by atoms with van der Waals surface area (Å²) < 4.78 is 27.2. The first kappa shape index (κ1) is 25.2. The van der Waals surface area contributed by atoms with Crippen LogP contribution in [0.3, 0.4) is 0 Å². The number of rotatable bonds is 8. The Bertz CT molecular complexity index is 913. The van der Waals surface area contributed by atoms with Crippen LogP contribution in [-0.4, -0.2) is 17.9 Å². The van der Waals surface area contributed by atoms with E-state index in [1.54, 1.807) is 0 Å². The van der Waals surface area contributed by atoms with Crippen molar-refractivity contribution in [2.45, 2.75) is 62.9 Å². The second-order valence-electron chi connectivity index (χ2n) is 8.49. The Balaban J connectivity index is 2.16. The number of hydrogen-bond acceptors (Lipinski definition) is 2. The molecule has 0 spiro atoms. The molecule has 2 nitrogen and oxygen atoms in total. The van der Waals surface area contributed by atoms with Crippen LogP contribution in [-0.2, 0) is 22.7 Å². The van der Waals surface area contributed by atoms with E-state index in [4.69, 9.17) is 23.2 Å². The molecule has 2 aromatic carbocycles. The van der Waals surface area contributed by atoms with E-state index < -0.39 is 19.3 Å². The Morgan fingerprint density at radius 2 is 1.10 bits per heavy atom. The van der Waals surface area contributed by atoms with Crippen LogP contribution in [0.2, 0.25) is 10.0 Å². The number of sulfone groups is 1. The summed E-state index contributed by atoms with van der Waals surface area (Å²) in [6.45, 7) is 7.23. The van der Waals surface area contributed by atoms with Gasteiger partial charge in [-0.1, -0.05) is 55.1 Å². The molecular formula is C22H26Br2Cl2O2S. The highest BCUT2D eigenvalue weighted by atomic mass is 79.9. The first-order chi connectivity index (χ1) is 13.3. The van der Waals surface area contributed by atoms with E-state index in [9.17, 15) is 8.42 Å². The molecule has 0 aliphatic heterocycles. The van der Waals surface area contributed by atoms with Gasteiger partial charge in [-0.25, -0.2) is 8.42 Å². The quantitative estimate of drug-likeness (QED) is 0.314. The largest absolute Gasteiger partial charge is 0.228 e. The van der Waals surface area contributed by atoms with Gasteiger partial charge in [0.05, 0.1) is 9.49 Å². The van der Waals surface area contributed by atoms with E-state index in [1.807, 2.05) is 64.1 Å². The summed E-state index contributed by atoms with van der Waals surface area (Å²) in [5.74, 6) is 0. The Hall–Kier alpha value is -0.0700. The smallest absolute Gasteiger partial charge is 0.160 e. The minimum Gasteiger partial charge on any atom is -0.228 e. The predicted octanol–water partition coefficient (Wildman–Crippen LogP) is 8.06. The van der Waals surface area contributed by atoms with Gasteiger partial charge in [0.2, 0.25) is 0 Å². The summed E-state index contributed by atoms with van der Waals surface area (Å²) in [4.78, 5) is 0. The molecule has 7 heteroatoms. The minimum atomic E-state index is -3.43. The summed E-state index contributed by atoms with van der Waals surface area (Å²) >= 11 is 19.5. The van der Waals surface area contributed by atoms with Crippen molar-refractivity contribution in [1.82, 2.24) is 0 Å². The molecule has 2 aromatic rings. The third kappa shape index (κ3) is 6.00. The van der Waals surface area contributed by atoms with Gasteiger partial charge in [0.15, 0.2) is 9.84 Å². The van der Waals surface area contributed by atoms with Crippen molar-refractivity contribution in [2.24, 2.45) is 0 Å². The fraction of sp³-hybridized carbons (Fsp3) is 0.455. The maximum absolute atomic E-state index is 13.5. The maximum Gasteiger partial charge on any atom is 0.160 e. The van der Waals surface area contributed by atoms with Gasteiger partial charge in [0, 0.05) is 19.0 Å². The SMILES string of the molecule is CC(C)(CCc1cc(Br)ccc1Cl)S(=O)(=O)C(C)(C)CCc1cc(Br)ccc1Cl. The molecule has 0 N–H and O–H groups in total. The third-order valence-electron chi connectivity index (χ3n) is 5.46. The van der Waals surface area contributed by atoms with Crippen molar-refractivity contribution in [3.8, 4) is 0 Å². The fourth-order valence-electron chi connectivity index (χ4n) is 3.36. The molecule has 0 aliphatic carbocycles. The first-order valence-corrected chi connectivity index (χ1v) is 13.2. The van der Waals surface area contributed by atoms with Crippen LogP contribution in [0.15, 0.2) is 45.3 Å². The molecule has 2 rings (SSSR count). The lowest BCUT2D eigenvalue weighted by molar-refractivity contribution is 0.476. The molecule has 0 unspecified atom stereocenters. The Morgan fingerprint density at radius 1 is 0.759 bits per heavy atom. The molecular weight excluding hydrogens is 559 g/mol. The summed E-state index contributed by atoms with van der Waals surface area (Å²) in [5, 5.41) is 1.31. The number of benzene rings is 2. The topological polar surface area (TPSA) is 34.1 Å². The average Bonchev–Trinajstić information content (AvgIpc) is 2.63. The normalized spacial score (nSPS) is 13.0. The molecule has 0 fully saturated rings. The number of halogens is 4. The molecule has 0 atom stereocenters. The third-order valence-corrected chi connectivity index (χ3v) is 10.5. The molecule has 0 heterocycles. The van der Waals surface area contributed by atoms with Gasteiger partial charge in [-0.2, -0.15) is 0 Å². The van der Waals surface area contributed by atoms with Crippen molar-refractivity contribution in [3.63, 3.8) is 0 Å². The van der Waals surface area contributed by atoms with Crippen LogP contribution >= 0.6 is 55.1 Å².